The van der Waals surface area contributed by atoms with E-state index in [1.54, 1.807) is 0 Å². The first-order chi connectivity index (χ1) is 27.8. The summed E-state index contributed by atoms with van der Waals surface area (Å²) < 4.78 is 0. The molecule has 0 unspecified atom stereocenters. The molecule has 0 atom stereocenters. The Balaban J connectivity index is 1.56. The van der Waals surface area contributed by atoms with Crippen LogP contribution in [0, 0.1) is 50.4 Å². The van der Waals surface area contributed by atoms with E-state index in [0.29, 0.717) is 5.35 Å². The number of hydrogen-bond acceptors (Lipinski definition) is 3. The molecule has 1 aliphatic heterocycles. The summed E-state index contributed by atoms with van der Waals surface area (Å²) in [7, 11) is 0. The molecule has 4 aromatic heterocycles. The first kappa shape index (κ1) is 35.1. The quantitative estimate of drug-likeness (QED) is 0.167. The topological polar surface area (TPSA) is 108 Å². The number of H-pyrrole nitrogens is 3. The first-order valence-electron chi connectivity index (χ1n) is 19.0. The SMILES string of the molecule is Cc1ccc(-c2c3nc(c(-c4ccc(C)cc4)c4ccc([nH]4)c(-c4ccc(C)cc4)c4cc([nH]c4=C(C#N)C#N)c(-c4ccc(C)cc4)c4ccc2[nH]4)C=C3)cc1. The lowest BCUT2D eigenvalue weighted by Gasteiger charge is -2.07. The minimum Gasteiger partial charge on any atom is -0.354 e. The second kappa shape index (κ2) is 14.2. The summed E-state index contributed by atoms with van der Waals surface area (Å²) in [4.78, 5) is 16.6. The second-order valence-corrected chi connectivity index (χ2v) is 14.8. The van der Waals surface area contributed by atoms with Crippen LogP contribution in [-0.2, 0) is 0 Å². The Labute approximate surface area is 330 Å². The molecule has 6 nitrogen and oxygen atoms in total. The van der Waals surface area contributed by atoms with Gasteiger partial charge in [0.15, 0.2) is 5.57 Å². The molecule has 0 saturated carbocycles. The molecular weight excluding hydrogens is 697 g/mol. The van der Waals surface area contributed by atoms with Gasteiger partial charge in [0, 0.05) is 55.2 Å². The molecule has 3 N–H and O–H groups in total. The normalized spacial score (nSPS) is 11.4. The maximum absolute atomic E-state index is 10.4. The molecule has 0 saturated heterocycles. The third-order valence-corrected chi connectivity index (χ3v) is 10.8. The van der Waals surface area contributed by atoms with E-state index in [-0.39, 0.29) is 5.57 Å². The van der Waals surface area contributed by atoms with Gasteiger partial charge in [-0.05, 0) is 92.4 Å². The highest BCUT2D eigenvalue weighted by Crippen LogP contribution is 2.38. The van der Waals surface area contributed by atoms with Gasteiger partial charge >= 0.3 is 0 Å². The van der Waals surface area contributed by atoms with Crippen molar-refractivity contribution in [3.63, 3.8) is 0 Å². The molecular formula is C51H38N6. The molecule has 8 aromatic rings. The van der Waals surface area contributed by atoms with Crippen LogP contribution in [0.1, 0.15) is 33.6 Å². The lowest BCUT2D eigenvalue weighted by atomic mass is 10.00. The molecule has 1 aliphatic rings. The number of rotatable bonds is 4. The molecule has 5 heterocycles. The van der Waals surface area contributed by atoms with Gasteiger partial charge in [-0.3, -0.25) is 0 Å². The van der Waals surface area contributed by atoms with Gasteiger partial charge in [0.2, 0.25) is 0 Å². The predicted molar refractivity (Wildman–Crippen MR) is 235 cm³/mol. The van der Waals surface area contributed by atoms with E-state index in [9.17, 15) is 10.5 Å². The highest BCUT2D eigenvalue weighted by Gasteiger charge is 2.18. The fourth-order valence-corrected chi connectivity index (χ4v) is 7.81. The van der Waals surface area contributed by atoms with Crippen LogP contribution in [0.3, 0.4) is 0 Å². The number of nitriles is 2. The van der Waals surface area contributed by atoms with E-state index in [2.05, 4.69) is 194 Å². The maximum Gasteiger partial charge on any atom is 0.153 e. The van der Waals surface area contributed by atoms with Gasteiger partial charge in [-0.2, -0.15) is 10.5 Å². The maximum atomic E-state index is 10.4. The zero-order valence-corrected chi connectivity index (χ0v) is 32.1. The lowest BCUT2D eigenvalue weighted by Crippen LogP contribution is -2.07. The minimum atomic E-state index is -0.00362. The lowest BCUT2D eigenvalue weighted by molar-refractivity contribution is 1.31. The second-order valence-electron chi connectivity index (χ2n) is 14.8. The number of aryl methyl sites for hydroxylation is 4. The number of aromatic nitrogens is 4. The van der Waals surface area contributed by atoms with E-state index in [4.69, 9.17) is 4.98 Å². The van der Waals surface area contributed by atoms with Crippen LogP contribution in [0.25, 0.3) is 95.2 Å². The van der Waals surface area contributed by atoms with Crippen LogP contribution in [0.15, 0.2) is 127 Å². The van der Waals surface area contributed by atoms with Crippen molar-refractivity contribution in [1.82, 2.24) is 19.9 Å². The Bertz CT molecular complexity index is 3180. The van der Waals surface area contributed by atoms with Crippen LogP contribution in [0.5, 0.6) is 0 Å². The van der Waals surface area contributed by atoms with Crippen molar-refractivity contribution in [2.45, 2.75) is 27.7 Å². The molecule has 272 valence electrons. The van der Waals surface area contributed by atoms with Crippen molar-refractivity contribution in [1.29, 1.82) is 10.5 Å². The third-order valence-electron chi connectivity index (χ3n) is 10.8. The smallest absolute Gasteiger partial charge is 0.153 e. The van der Waals surface area contributed by atoms with Crippen molar-refractivity contribution in [2.24, 2.45) is 0 Å². The molecule has 0 radical (unpaired) electrons. The molecule has 0 spiro atoms. The standard InChI is InChI=1S/C51H38N6/c1-30-5-13-34(14-6-30)47-39-27-46(57-51(39)38(28-52)29-53)50(37-19-11-33(4)12-20-37)45-26-25-44(56-45)49(36-17-9-32(3)10-18-36)43-24-23-42(55-43)48(41-22-21-40(47)54-41)35-15-7-31(2)8-16-35/h5-27,54,56-57H,1-4H3. The van der Waals surface area contributed by atoms with Crippen molar-refractivity contribution in [3.8, 4) is 56.6 Å². The average molecular weight is 735 g/mol. The summed E-state index contributed by atoms with van der Waals surface area (Å²) >= 11 is 0. The van der Waals surface area contributed by atoms with Crippen LogP contribution in [-0.4, -0.2) is 19.9 Å². The van der Waals surface area contributed by atoms with Gasteiger partial charge in [0.1, 0.15) is 12.1 Å². The van der Waals surface area contributed by atoms with E-state index < -0.39 is 0 Å². The Morgan fingerprint density at radius 3 is 1.18 bits per heavy atom. The minimum absolute atomic E-state index is 0.00362. The summed E-state index contributed by atoms with van der Waals surface area (Å²) in [6, 6.07) is 48.8. The summed E-state index contributed by atoms with van der Waals surface area (Å²) in [6.45, 7) is 8.33. The molecule has 4 aromatic carbocycles. The third kappa shape index (κ3) is 6.40. The summed E-state index contributed by atoms with van der Waals surface area (Å²) in [5.41, 5.74) is 18.3. The fourth-order valence-electron chi connectivity index (χ4n) is 7.81. The van der Waals surface area contributed by atoms with Gasteiger partial charge in [0.25, 0.3) is 0 Å². The molecule has 9 rings (SSSR count). The van der Waals surface area contributed by atoms with Crippen LogP contribution < -0.4 is 5.35 Å². The molecule has 0 amide bonds. The Morgan fingerprint density at radius 2 is 0.772 bits per heavy atom. The van der Waals surface area contributed by atoms with Gasteiger partial charge in [-0.15, -0.1) is 0 Å². The zero-order chi connectivity index (χ0) is 39.2. The Hall–Kier alpha value is -7.67. The molecule has 0 fully saturated rings. The van der Waals surface area contributed by atoms with Crippen LogP contribution in [0.2, 0.25) is 0 Å². The first-order valence-corrected chi connectivity index (χ1v) is 19.0. The highest BCUT2D eigenvalue weighted by atomic mass is 14.8. The molecule has 57 heavy (non-hydrogen) atoms. The average Bonchev–Trinajstić information content (AvgIpc) is 4.06. The van der Waals surface area contributed by atoms with Crippen LogP contribution in [0.4, 0.5) is 0 Å². The number of benzene rings is 4. The van der Waals surface area contributed by atoms with Gasteiger partial charge in [-0.25, -0.2) is 4.98 Å². The van der Waals surface area contributed by atoms with E-state index >= 15 is 0 Å². The number of hydrogen-bond donors (Lipinski definition) is 3. The van der Waals surface area contributed by atoms with Crippen molar-refractivity contribution in [2.75, 3.05) is 0 Å². The summed E-state index contributed by atoms with van der Waals surface area (Å²) in [5.74, 6) is 0. The monoisotopic (exact) mass is 734 g/mol. The van der Waals surface area contributed by atoms with Gasteiger partial charge < -0.3 is 15.0 Å². The Morgan fingerprint density at radius 1 is 0.421 bits per heavy atom. The molecule has 8 bridgehead atoms. The van der Waals surface area contributed by atoms with Crippen molar-refractivity contribution >= 4 is 50.7 Å². The van der Waals surface area contributed by atoms with Gasteiger partial charge in [-0.1, -0.05) is 119 Å². The number of nitrogens with one attached hydrogen (secondary N) is 3. The number of nitrogens with zero attached hydrogens (tertiary/aromatic N) is 3. The van der Waals surface area contributed by atoms with Gasteiger partial charge in [0.05, 0.1) is 16.7 Å². The zero-order valence-electron chi connectivity index (χ0n) is 32.1. The molecule has 0 aliphatic carbocycles. The van der Waals surface area contributed by atoms with E-state index in [0.717, 1.165) is 100.0 Å². The van der Waals surface area contributed by atoms with Crippen molar-refractivity contribution in [3.05, 3.63) is 166 Å². The molecule has 6 heteroatoms. The van der Waals surface area contributed by atoms with Crippen molar-refractivity contribution < 1.29 is 0 Å². The summed E-state index contributed by atoms with van der Waals surface area (Å²) in [6.07, 6.45) is 4.22. The number of fused-ring (bicyclic) bond motifs is 8. The Kier molecular flexibility index (Phi) is 8.73. The van der Waals surface area contributed by atoms with Crippen LogP contribution >= 0.6 is 0 Å². The number of aromatic amines is 3. The fraction of sp³-hybridized carbons (Fsp3) is 0.0784. The predicted octanol–water partition coefficient (Wildman–Crippen LogP) is 12.1. The van der Waals surface area contributed by atoms with E-state index in [1.165, 1.54) is 11.1 Å². The summed E-state index contributed by atoms with van der Waals surface area (Å²) in [5, 5.41) is 22.0. The van der Waals surface area contributed by atoms with E-state index in [1.807, 2.05) is 0 Å². The largest absolute Gasteiger partial charge is 0.354 e. The highest BCUT2D eigenvalue weighted by molar-refractivity contribution is 6.03.